The minimum absolute atomic E-state index is 0.196. The molecule has 0 amide bonds. The van der Waals surface area contributed by atoms with E-state index in [4.69, 9.17) is 9.16 Å². The van der Waals surface area contributed by atoms with Gasteiger partial charge < -0.3 is 14.3 Å². The van der Waals surface area contributed by atoms with E-state index in [0.717, 1.165) is 0 Å². The van der Waals surface area contributed by atoms with Gasteiger partial charge in [0.15, 0.2) is 8.32 Å². The van der Waals surface area contributed by atoms with Crippen molar-refractivity contribution in [3.05, 3.63) is 0 Å². The van der Waals surface area contributed by atoms with E-state index in [1.54, 1.807) is 20.8 Å². The zero-order valence-corrected chi connectivity index (χ0v) is 17.2. The number of carbonyl (C=O) groups excluding carboxylic acids is 1. The lowest BCUT2D eigenvalue weighted by atomic mass is 9.97. The highest BCUT2D eigenvalue weighted by atomic mass is 28.4. The van der Waals surface area contributed by atoms with Crippen molar-refractivity contribution in [1.82, 2.24) is 5.32 Å². The van der Waals surface area contributed by atoms with E-state index in [2.05, 4.69) is 5.32 Å². The summed E-state index contributed by atoms with van der Waals surface area (Å²) in [6, 6.07) is 0. The van der Waals surface area contributed by atoms with Gasteiger partial charge in [0, 0.05) is 0 Å². The topological polar surface area (TPSA) is 84.9 Å². The van der Waals surface area contributed by atoms with Crippen molar-refractivity contribution < 1.29 is 23.9 Å². The van der Waals surface area contributed by atoms with Crippen LogP contribution < -0.4 is 5.32 Å². The fourth-order valence-electron chi connectivity index (χ4n) is 1.80. The van der Waals surface area contributed by atoms with Crippen LogP contribution in [-0.4, -0.2) is 43.7 Å². The van der Waals surface area contributed by atoms with E-state index in [0.29, 0.717) is 0 Å². The number of rotatable bonds is 6. The monoisotopic (exact) mass is 347 g/mol. The Balaban J connectivity index is 5.76. The first-order valence-electron chi connectivity index (χ1n) is 7.85. The van der Waals surface area contributed by atoms with E-state index in [-0.39, 0.29) is 5.04 Å². The average molecular weight is 348 g/mol. The molecule has 23 heavy (non-hydrogen) atoms. The summed E-state index contributed by atoms with van der Waals surface area (Å²) in [6.45, 7) is 16.7. The van der Waals surface area contributed by atoms with E-state index < -0.39 is 37.5 Å². The molecule has 0 heterocycles. The Morgan fingerprint density at radius 3 is 1.78 bits per heavy atom. The van der Waals surface area contributed by atoms with Crippen molar-refractivity contribution in [2.45, 2.75) is 77.9 Å². The third-order valence-electron chi connectivity index (χ3n) is 4.28. The lowest BCUT2D eigenvalue weighted by molar-refractivity contribution is -0.182. The van der Waals surface area contributed by atoms with Crippen molar-refractivity contribution in [2.75, 3.05) is 7.05 Å². The molecule has 0 spiro atoms. The molecule has 0 aromatic heterocycles. The Bertz CT molecular complexity index is 450. The molecule has 0 rings (SSSR count). The third kappa shape index (κ3) is 5.29. The molecule has 0 fully saturated rings. The molecule has 7 heteroatoms. The molecule has 0 aliphatic carbocycles. The van der Waals surface area contributed by atoms with Crippen molar-refractivity contribution in [2.24, 2.45) is 5.92 Å². The molecular formula is C16H33NO5Si. The summed E-state index contributed by atoms with van der Waals surface area (Å²) in [7, 11) is -0.954. The molecule has 2 N–H and O–H groups in total. The Morgan fingerprint density at radius 1 is 1.09 bits per heavy atom. The quantitative estimate of drug-likeness (QED) is 0.436. The summed E-state index contributed by atoms with van der Waals surface area (Å²) in [5, 5.41) is 12.3. The van der Waals surface area contributed by atoms with Crippen LogP contribution in [0.4, 0.5) is 0 Å². The number of likely N-dealkylation sites (N-methyl/N-ethyl adjacent to an activating group) is 1. The van der Waals surface area contributed by atoms with Gasteiger partial charge in [-0.05, 0) is 52.9 Å². The Labute approximate surface area is 141 Å². The van der Waals surface area contributed by atoms with Crippen LogP contribution in [0.1, 0.15) is 48.5 Å². The molecule has 0 aliphatic rings. The number of carbonyl (C=O) groups is 2. The van der Waals surface area contributed by atoms with Crippen molar-refractivity contribution in [3.8, 4) is 0 Å². The summed E-state index contributed by atoms with van der Waals surface area (Å²) in [4.78, 5) is 24.4. The largest absolute Gasteiger partial charge is 0.478 e. The predicted molar refractivity (Wildman–Crippen MR) is 92.7 cm³/mol. The van der Waals surface area contributed by atoms with E-state index in [1.165, 1.54) is 14.0 Å². The van der Waals surface area contributed by atoms with Crippen LogP contribution in [-0.2, 0) is 18.8 Å². The number of carboxylic acids is 1. The summed E-state index contributed by atoms with van der Waals surface area (Å²) < 4.78 is 11.5. The maximum absolute atomic E-state index is 12.4. The van der Waals surface area contributed by atoms with Crippen molar-refractivity contribution in [1.29, 1.82) is 0 Å². The standard InChI is InChI=1S/C16H33NO5Si/c1-11(12(18)21-14(2,3)4)16(17-8,13(19)20)22-23(9,10)15(5,6)7/h11,17H,1-10H3,(H,19,20). The van der Waals surface area contributed by atoms with Gasteiger partial charge in [-0.3, -0.25) is 10.1 Å². The van der Waals surface area contributed by atoms with E-state index in [1.807, 2.05) is 33.9 Å². The number of ether oxygens (including phenoxy) is 1. The number of nitrogens with one attached hydrogen (secondary N) is 1. The second kappa shape index (κ2) is 6.90. The van der Waals surface area contributed by atoms with E-state index >= 15 is 0 Å². The van der Waals surface area contributed by atoms with Gasteiger partial charge in [0.1, 0.15) is 11.5 Å². The van der Waals surface area contributed by atoms with Crippen LogP contribution in [0.3, 0.4) is 0 Å². The summed E-state index contributed by atoms with van der Waals surface area (Å²) in [6.07, 6.45) is 0. The highest BCUT2D eigenvalue weighted by Crippen LogP contribution is 2.40. The Morgan fingerprint density at radius 2 is 1.52 bits per heavy atom. The highest BCUT2D eigenvalue weighted by molar-refractivity contribution is 6.74. The molecule has 0 bridgehead atoms. The summed E-state index contributed by atoms with van der Waals surface area (Å²) in [5.74, 6) is -2.82. The lowest BCUT2D eigenvalue weighted by Gasteiger charge is -2.45. The van der Waals surface area contributed by atoms with Gasteiger partial charge in [0.25, 0.3) is 0 Å². The molecule has 2 atom stereocenters. The number of esters is 1. The maximum Gasteiger partial charge on any atom is 0.351 e. The zero-order chi connectivity index (χ0) is 18.9. The first-order valence-corrected chi connectivity index (χ1v) is 10.8. The van der Waals surface area contributed by atoms with Gasteiger partial charge in [0.05, 0.1) is 0 Å². The van der Waals surface area contributed by atoms with Gasteiger partial charge >= 0.3 is 11.9 Å². The zero-order valence-electron chi connectivity index (χ0n) is 16.2. The molecule has 0 saturated heterocycles. The second-order valence-electron chi connectivity index (χ2n) is 8.41. The average Bonchev–Trinajstić information content (AvgIpc) is 2.31. The maximum atomic E-state index is 12.4. The minimum Gasteiger partial charge on any atom is -0.478 e. The van der Waals surface area contributed by atoms with Gasteiger partial charge in [0.2, 0.25) is 5.72 Å². The van der Waals surface area contributed by atoms with Crippen LogP contribution in [0.15, 0.2) is 0 Å². The number of hydrogen-bond acceptors (Lipinski definition) is 5. The first kappa shape index (κ1) is 22.1. The normalized spacial score (nSPS) is 17.3. The van der Waals surface area contributed by atoms with E-state index in [9.17, 15) is 14.7 Å². The van der Waals surface area contributed by atoms with Crippen LogP contribution in [0.2, 0.25) is 18.1 Å². The molecule has 0 aromatic rings. The van der Waals surface area contributed by atoms with Gasteiger partial charge in [-0.25, -0.2) is 4.79 Å². The van der Waals surface area contributed by atoms with Crippen LogP contribution in [0.25, 0.3) is 0 Å². The molecule has 2 unspecified atom stereocenters. The summed E-state index contributed by atoms with van der Waals surface area (Å²) >= 11 is 0. The smallest absolute Gasteiger partial charge is 0.351 e. The summed E-state index contributed by atoms with van der Waals surface area (Å²) in [5.41, 5.74) is -2.51. The molecule has 0 saturated carbocycles. The molecule has 0 aliphatic heterocycles. The number of hydrogen-bond donors (Lipinski definition) is 2. The molecule has 0 radical (unpaired) electrons. The van der Waals surface area contributed by atoms with Gasteiger partial charge in [-0.1, -0.05) is 20.8 Å². The van der Waals surface area contributed by atoms with Crippen molar-refractivity contribution in [3.63, 3.8) is 0 Å². The van der Waals surface area contributed by atoms with Crippen LogP contribution >= 0.6 is 0 Å². The lowest BCUT2D eigenvalue weighted by Crippen LogP contribution is -2.65. The second-order valence-corrected chi connectivity index (χ2v) is 13.1. The fourth-order valence-corrected chi connectivity index (χ4v) is 3.28. The number of carboxylic acid groups (broad SMARTS) is 1. The molecule has 0 aromatic carbocycles. The SMILES string of the molecule is CNC(O[Si](C)(C)C(C)(C)C)(C(=O)O)C(C)C(=O)OC(C)(C)C. The Hall–Kier alpha value is -0.923. The number of aliphatic carboxylic acids is 1. The molecule has 136 valence electrons. The first-order chi connectivity index (χ1) is 10.00. The fraction of sp³-hybridized carbons (Fsp3) is 0.875. The molecule has 6 nitrogen and oxygen atoms in total. The van der Waals surface area contributed by atoms with Gasteiger partial charge in [-0.2, -0.15) is 0 Å². The van der Waals surface area contributed by atoms with Crippen molar-refractivity contribution >= 4 is 20.3 Å². The van der Waals surface area contributed by atoms with Crippen LogP contribution in [0, 0.1) is 5.92 Å². The predicted octanol–water partition coefficient (Wildman–Crippen LogP) is 2.99. The highest BCUT2D eigenvalue weighted by Gasteiger charge is 2.54. The Kier molecular flexibility index (Phi) is 6.63. The minimum atomic E-state index is -2.44. The van der Waals surface area contributed by atoms with Crippen LogP contribution in [0.5, 0.6) is 0 Å². The van der Waals surface area contributed by atoms with Gasteiger partial charge in [-0.15, -0.1) is 0 Å². The third-order valence-corrected chi connectivity index (χ3v) is 8.73. The molecular weight excluding hydrogens is 314 g/mol.